The van der Waals surface area contributed by atoms with Crippen molar-refractivity contribution in [1.29, 1.82) is 0 Å². The van der Waals surface area contributed by atoms with Crippen molar-refractivity contribution in [2.24, 2.45) is 5.73 Å². The van der Waals surface area contributed by atoms with Crippen molar-refractivity contribution in [3.8, 4) is 5.75 Å². The molecular weight excluding hydrogens is 188 g/mol. The molecule has 0 radical (unpaired) electrons. The van der Waals surface area contributed by atoms with Crippen LogP contribution in [0, 0.1) is 13.8 Å². The van der Waals surface area contributed by atoms with E-state index in [1.54, 1.807) is 0 Å². The fraction of sp³-hybridized carbons (Fsp3) is 0.500. The molecule has 1 aromatic rings. The molecule has 0 bridgehead atoms. The maximum absolute atomic E-state index is 5.52. The van der Waals surface area contributed by atoms with Crippen LogP contribution in [0.5, 0.6) is 5.75 Å². The fourth-order valence-electron chi connectivity index (χ4n) is 1.50. The third-order valence-corrected chi connectivity index (χ3v) is 2.28. The zero-order valence-electron chi connectivity index (χ0n) is 9.76. The van der Waals surface area contributed by atoms with E-state index < -0.39 is 0 Å². The molecule has 0 aliphatic carbocycles. The van der Waals surface area contributed by atoms with E-state index >= 15 is 0 Å². The molecule has 0 amide bonds. The topological polar surface area (TPSA) is 47.3 Å². The summed E-state index contributed by atoms with van der Waals surface area (Å²) >= 11 is 0. The first-order valence-corrected chi connectivity index (χ1v) is 5.37. The minimum atomic E-state index is 0.645. The van der Waals surface area contributed by atoms with Crippen LogP contribution >= 0.6 is 0 Å². The zero-order valence-corrected chi connectivity index (χ0v) is 9.76. The van der Waals surface area contributed by atoms with Crippen molar-refractivity contribution < 1.29 is 4.74 Å². The van der Waals surface area contributed by atoms with Gasteiger partial charge < -0.3 is 15.8 Å². The molecule has 0 atom stereocenters. The maximum atomic E-state index is 5.52. The Morgan fingerprint density at radius 3 is 2.60 bits per heavy atom. The molecule has 3 nitrogen and oxygen atoms in total. The maximum Gasteiger partial charge on any atom is 0.122 e. The van der Waals surface area contributed by atoms with Crippen molar-refractivity contribution in [2.45, 2.75) is 20.8 Å². The standard InChI is InChI=1S/C12H20N2O/c1-4-15-12-8-9(2)11(7-10(12)3)14-6-5-13/h7-8,14H,4-6,13H2,1-3H3. The monoisotopic (exact) mass is 208 g/mol. The van der Waals surface area contributed by atoms with Crippen LogP contribution in [0.4, 0.5) is 5.69 Å². The number of anilines is 1. The molecular formula is C12H20N2O. The van der Waals surface area contributed by atoms with Gasteiger partial charge in [0.05, 0.1) is 6.61 Å². The summed E-state index contributed by atoms with van der Waals surface area (Å²) in [7, 11) is 0. The first-order chi connectivity index (χ1) is 7.19. The highest BCUT2D eigenvalue weighted by atomic mass is 16.5. The van der Waals surface area contributed by atoms with E-state index in [-0.39, 0.29) is 0 Å². The molecule has 0 aromatic heterocycles. The minimum Gasteiger partial charge on any atom is -0.494 e. The van der Waals surface area contributed by atoms with Gasteiger partial charge in [-0.15, -0.1) is 0 Å². The molecule has 1 rings (SSSR count). The summed E-state index contributed by atoms with van der Waals surface area (Å²) in [5.41, 5.74) is 8.94. The van der Waals surface area contributed by atoms with Gasteiger partial charge in [-0.05, 0) is 44.0 Å². The summed E-state index contributed by atoms with van der Waals surface area (Å²) in [5, 5.41) is 3.29. The van der Waals surface area contributed by atoms with Crippen molar-refractivity contribution in [3.05, 3.63) is 23.3 Å². The molecule has 0 unspecified atom stereocenters. The number of nitrogens with one attached hydrogen (secondary N) is 1. The van der Waals surface area contributed by atoms with Crippen LogP contribution in [0.1, 0.15) is 18.1 Å². The van der Waals surface area contributed by atoms with Crippen LogP contribution in [-0.2, 0) is 0 Å². The Hall–Kier alpha value is -1.22. The lowest BCUT2D eigenvalue weighted by atomic mass is 10.1. The van der Waals surface area contributed by atoms with E-state index in [1.807, 2.05) is 6.92 Å². The number of ether oxygens (including phenoxy) is 1. The fourth-order valence-corrected chi connectivity index (χ4v) is 1.50. The molecule has 0 fully saturated rings. The highest BCUT2D eigenvalue weighted by Gasteiger charge is 2.04. The molecule has 0 heterocycles. The minimum absolute atomic E-state index is 0.645. The van der Waals surface area contributed by atoms with Gasteiger partial charge in [0.1, 0.15) is 5.75 Å². The number of hydrogen-bond donors (Lipinski definition) is 2. The summed E-state index contributed by atoms with van der Waals surface area (Å²) < 4.78 is 5.52. The van der Waals surface area contributed by atoms with E-state index in [4.69, 9.17) is 10.5 Å². The number of hydrogen-bond acceptors (Lipinski definition) is 3. The molecule has 0 saturated heterocycles. The van der Waals surface area contributed by atoms with Crippen molar-refractivity contribution >= 4 is 5.69 Å². The smallest absolute Gasteiger partial charge is 0.122 e. The molecule has 84 valence electrons. The van der Waals surface area contributed by atoms with E-state index in [0.717, 1.165) is 23.5 Å². The van der Waals surface area contributed by atoms with E-state index in [2.05, 4.69) is 31.3 Å². The van der Waals surface area contributed by atoms with Crippen molar-refractivity contribution in [1.82, 2.24) is 0 Å². The molecule has 0 aliphatic heterocycles. The van der Waals surface area contributed by atoms with Gasteiger partial charge in [-0.1, -0.05) is 0 Å². The summed E-state index contributed by atoms with van der Waals surface area (Å²) in [6.07, 6.45) is 0. The van der Waals surface area contributed by atoms with Gasteiger partial charge in [0.2, 0.25) is 0 Å². The summed E-state index contributed by atoms with van der Waals surface area (Å²) in [6.45, 7) is 8.27. The van der Waals surface area contributed by atoms with Gasteiger partial charge in [0, 0.05) is 18.8 Å². The average Bonchev–Trinajstić information content (AvgIpc) is 2.21. The Morgan fingerprint density at radius 2 is 2.00 bits per heavy atom. The highest BCUT2D eigenvalue weighted by molar-refractivity contribution is 5.57. The third-order valence-electron chi connectivity index (χ3n) is 2.28. The largest absolute Gasteiger partial charge is 0.494 e. The number of nitrogens with two attached hydrogens (primary N) is 1. The highest BCUT2D eigenvalue weighted by Crippen LogP contribution is 2.25. The van der Waals surface area contributed by atoms with Crippen molar-refractivity contribution in [2.75, 3.05) is 25.0 Å². The Labute approximate surface area is 91.6 Å². The molecule has 0 spiro atoms. The Kier molecular flexibility index (Phi) is 4.43. The Balaban J connectivity index is 2.87. The zero-order chi connectivity index (χ0) is 11.3. The van der Waals surface area contributed by atoms with Gasteiger partial charge >= 0.3 is 0 Å². The molecule has 0 saturated carbocycles. The summed E-state index contributed by atoms with van der Waals surface area (Å²) in [4.78, 5) is 0. The van der Waals surface area contributed by atoms with Gasteiger partial charge in [0.25, 0.3) is 0 Å². The average molecular weight is 208 g/mol. The Morgan fingerprint density at radius 1 is 1.27 bits per heavy atom. The molecule has 1 aromatic carbocycles. The predicted octanol–water partition coefficient (Wildman–Crippen LogP) is 2.07. The number of aryl methyl sites for hydroxylation is 2. The van der Waals surface area contributed by atoms with E-state index in [9.17, 15) is 0 Å². The lowest BCUT2D eigenvalue weighted by Gasteiger charge is -2.13. The van der Waals surface area contributed by atoms with Gasteiger partial charge in [-0.25, -0.2) is 0 Å². The normalized spacial score (nSPS) is 10.1. The second-order valence-corrected chi connectivity index (χ2v) is 3.58. The van der Waals surface area contributed by atoms with Crippen LogP contribution in [-0.4, -0.2) is 19.7 Å². The van der Waals surface area contributed by atoms with Crippen LogP contribution in [0.25, 0.3) is 0 Å². The number of benzene rings is 1. The van der Waals surface area contributed by atoms with E-state index in [1.165, 1.54) is 5.56 Å². The SMILES string of the molecule is CCOc1cc(C)c(NCCN)cc1C. The quantitative estimate of drug-likeness (QED) is 0.778. The second-order valence-electron chi connectivity index (χ2n) is 3.58. The van der Waals surface area contributed by atoms with Crippen LogP contribution in [0.2, 0.25) is 0 Å². The van der Waals surface area contributed by atoms with Crippen LogP contribution < -0.4 is 15.8 Å². The van der Waals surface area contributed by atoms with Gasteiger partial charge in [-0.3, -0.25) is 0 Å². The molecule has 3 heteroatoms. The Bertz CT molecular complexity index is 324. The second kappa shape index (κ2) is 5.61. The van der Waals surface area contributed by atoms with Crippen molar-refractivity contribution in [3.63, 3.8) is 0 Å². The summed E-state index contributed by atoms with van der Waals surface area (Å²) in [6, 6.07) is 4.17. The summed E-state index contributed by atoms with van der Waals surface area (Å²) in [5.74, 6) is 0.966. The van der Waals surface area contributed by atoms with Crippen LogP contribution in [0.3, 0.4) is 0 Å². The number of rotatable bonds is 5. The predicted molar refractivity (Wildman–Crippen MR) is 64.6 cm³/mol. The van der Waals surface area contributed by atoms with Gasteiger partial charge in [-0.2, -0.15) is 0 Å². The third kappa shape index (κ3) is 3.13. The lowest BCUT2D eigenvalue weighted by Crippen LogP contribution is -2.13. The molecule has 3 N–H and O–H groups in total. The van der Waals surface area contributed by atoms with E-state index in [0.29, 0.717) is 13.2 Å². The van der Waals surface area contributed by atoms with Crippen LogP contribution in [0.15, 0.2) is 12.1 Å². The lowest BCUT2D eigenvalue weighted by molar-refractivity contribution is 0.337. The molecule has 0 aliphatic rings. The molecule has 15 heavy (non-hydrogen) atoms. The van der Waals surface area contributed by atoms with Gasteiger partial charge in [0.15, 0.2) is 0 Å². The first kappa shape index (κ1) is 11.9. The first-order valence-electron chi connectivity index (χ1n) is 5.37.